The van der Waals surface area contributed by atoms with Gasteiger partial charge in [-0.1, -0.05) is 11.6 Å². The minimum absolute atomic E-state index is 0.318. The molecule has 0 amide bonds. The predicted molar refractivity (Wildman–Crippen MR) is 29.9 cm³/mol. The van der Waals surface area contributed by atoms with Crippen molar-refractivity contribution in [2.75, 3.05) is 12.9 Å². The van der Waals surface area contributed by atoms with E-state index in [9.17, 15) is 0 Å². The van der Waals surface area contributed by atoms with Crippen LogP contribution in [0.25, 0.3) is 0 Å². The molecular weight excluding hydrogens is 121 g/mol. The molecule has 0 aromatic carbocycles. The van der Waals surface area contributed by atoms with Crippen molar-refractivity contribution in [2.24, 2.45) is 4.99 Å². The molecular formula is C3H5Cl2N. The zero-order chi connectivity index (χ0) is 4.99. The van der Waals surface area contributed by atoms with Crippen LogP contribution in [0.5, 0.6) is 0 Å². The molecule has 1 nitrogen and oxygen atoms in total. The second kappa shape index (κ2) is 3.44. The first-order chi connectivity index (χ1) is 2.81. The van der Waals surface area contributed by atoms with Crippen LogP contribution in [0.4, 0.5) is 0 Å². The van der Waals surface area contributed by atoms with Crippen molar-refractivity contribution < 1.29 is 0 Å². The summed E-state index contributed by atoms with van der Waals surface area (Å²) < 4.78 is 0. The highest BCUT2D eigenvalue weighted by atomic mass is 35.5. The Kier molecular flexibility index (Phi) is 3.58. The maximum absolute atomic E-state index is 5.27. The Labute approximate surface area is 47.0 Å². The van der Waals surface area contributed by atoms with Crippen LogP contribution in [0.1, 0.15) is 0 Å². The van der Waals surface area contributed by atoms with Crippen LogP contribution in [0.3, 0.4) is 0 Å². The summed E-state index contributed by atoms with van der Waals surface area (Å²) in [4.78, 5) is 3.56. The smallest absolute Gasteiger partial charge is 0.115 e. The molecule has 0 aromatic heterocycles. The first-order valence-electron chi connectivity index (χ1n) is 1.48. The topological polar surface area (TPSA) is 12.4 Å². The third-order valence-corrected chi connectivity index (χ3v) is 1.05. The van der Waals surface area contributed by atoms with E-state index in [2.05, 4.69) is 4.99 Å². The zero-order valence-electron chi connectivity index (χ0n) is 3.41. The standard InChI is InChI=1S/C3H5Cl2N/c1-6-3(5)2-4/h2H2,1H3/b6-3+. The third-order valence-electron chi connectivity index (χ3n) is 0.353. The monoisotopic (exact) mass is 125 g/mol. The zero-order valence-corrected chi connectivity index (χ0v) is 4.92. The van der Waals surface area contributed by atoms with Crippen LogP contribution >= 0.6 is 23.2 Å². The van der Waals surface area contributed by atoms with Gasteiger partial charge in [0.1, 0.15) is 5.17 Å². The van der Waals surface area contributed by atoms with Crippen LogP contribution in [0, 0.1) is 0 Å². The summed E-state index contributed by atoms with van der Waals surface area (Å²) in [5.74, 6) is 0.318. The lowest BCUT2D eigenvalue weighted by atomic mass is 10.9. The Bertz CT molecular complexity index is 59.8. The Balaban J connectivity index is 3.22. The van der Waals surface area contributed by atoms with E-state index in [1.54, 1.807) is 7.05 Å². The maximum atomic E-state index is 5.27. The van der Waals surface area contributed by atoms with Crippen LogP contribution < -0.4 is 0 Å². The van der Waals surface area contributed by atoms with Gasteiger partial charge in [0.15, 0.2) is 0 Å². The molecule has 0 heterocycles. The van der Waals surface area contributed by atoms with Gasteiger partial charge < -0.3 is 0 Å². The fraction of sp³-hybridized carbons (Fsp3) is 0.667. The van der Waals surface area contributed by atoms with Crippen molar-refractivity contribution in [3.05, 3.63) is 0 Å². The molecule has 0 aliphatic heterocycles. The molecule has 0 saturated carbocycles. The highest BCUT2D eigenvalue weighted by molar-refractivity contribution is 6.69. The van der Waals surface area contributed by atoms with Gasteiger partial charge in [0.2, 0.25) is 0 Å². The average Bonchev–Trinajstić information content (AvgIpc) is 1.65. The fourth-order valence-corrected chi connectivity index (χ4v) is 0.179. The number of rotatable bonds is 1. The molecule has 3 heteroatoms. The molecule has 0 aromatic rings. The van der Waals surface area contributed by atoms with E-state index in [0.717, 1.165) is 0 Å². The van der Waals surface area contributed by atoms with E-state index in [-0.39, 0.29) is 0 Å². The lowest BCUT2D eigenvalue weighted by Crippen LogP contribution is -1.84. The van der Waals surface area contributed by atoms with E-state index in [1.807, 2.05) is 0 Å². The van der Waals surface area contributed by atoms with E-state index < -0.39 is 0 Å². The normalized spacial score (nSPS) is 12.2. The summed E-state index contributed by atoms with van der Waals surface area (Å²) >= 11 is 10.5. The number of alkyl halides is 1. The number of nitrogens with zero attached hydrogens (tertiary/aromatic N) is 1. The van der Waals surface area contributed by atoms with Gasteiger partial charge in [-0.3, -0.25) is 4.99 Å². The van der Waals surface area contributed by atoms with Crippen LogP contribution in [0.2, 0.25) is 0 Å². The molecule has 36 valence electrons. The Morgan fingerprint density at radius 1 is 1.83 bits per heavy atom. The minimum atomic E-state index is 0.318. The van der Waals surface area contributed by atoms with Crippen molar-refractivity contribution in [3.8, 4) is 0 Å². The average molecular weight is 126 g/mol. The summed E-state index contributed by atoms with van der Waals surface area (Å²) in [7, 11) is 1.60. The summed E-state index contributed by atoms with van der Waals surface area (Å²) in [6.07, 6.45) is 0. The van der Waals surface area contributed by atoms with Gasteiger partial charge in [0.05, 0.1) is 5.88 Å². The Hall–Kier alpha value is 0.250. The second-order valence-electron chi connectivity index (χ2n) is 0.733. The second-order valence-corrected chi connectivity index (χ2v) is 1.44. The predicted octanol–water partition coefficient (Wildman–Crippen LogP) is 1.49. The van der Waals surface area contributed by atoms with Crippen LogP contribution in [0.15, 0.2) is 4.99 Å². The van der Waals surface area contributed by atoms with Gasteiger partial charge >= 0.3 is 0 Å². The molecule has 0 aliphatic carbocycles. The first kappa shape index (κ1) is 6.25. The van der Waals surface area contributed by atoms with Gasteiger partial charge in [-0.05, 0) is 0 Å². The molecule has 0 spiro atoms. The van der Waals surface area contributed by atoms with Crippen LogP contribution in [-0.4, -0.2) is 18.1 Å². The maximum Gasteiger partial charge on any atom is 0.115 e. The number of halogens is 2. The molecule has 0 aliphatic rings. The van der Waals surface area contributed by atoms with Gasteiger partial charge in [0, 0.05) is 7.05 Å². The fourth-order valence-electron chi connectivity index (χ4n) is 0.0598. The summed E-state index contributed by atoms with van der Waals surface area (Å²) in [6, 6.07) is 0. The van der Waals surface area contributed by atoms with Crippen molar-refractivity contribution in [3.63, 3.8) is 0 Å². The SMILES string of the molecule is C/N=C(/Cl)CCl. The van der Waals surface area contributed by atoms with Crippen molar-refractivity contribution in [2.45, 2.75) is 0 Å². The molecule has 6 heavy (non-hydrogen) atoms. The van der Waals surface area contributed by atoms with Crippen molar-refractivity contribution >= 4 is 28.4 Å². The molecule has 0 fully saturated rings. The molecule has 0 radical (unpaired) electrons. The Morgan fingerprint density at radius 2 is 2.33 bits per heavy atom. The summed E-state index contributed by atoms with van der Waals surface area (Å²) in [5, 5.41) is 0.455. The highest BCUT2D eigenvalue weighted by Gasteiger charge is 1.81. The third kappa shape index (κ3) is 2.49. The lowest BCUT2D eigenvalue weighted by molar-refractivity contribution is 1.45. The van der Waals surface area contributed by atoms with Gasteiger partial charge in [-0.25, -0.2) is 0 Å². The van der Waals surface area contributed by atoms with Gasteiger partial charge in [-0.2, -0.15) is 0 Å². The quantitative estimate of drug-likeness (QED) is 0.372. The summed E-state index contributed by atoms with van der Waals surface area (Å²) in [6.45, 7) is 0. The van der Waals surface area contributed by atoms with E-state index in [4.69, 9.17) is 23.2 Å². The van der Waals surface area contributed by atoms with Crippen LogP contribution in [-0.2, 0) is 0 Å². The van der Waals surface area contributed by atoms with E-state index in [0.29, 0.717) is 11.1 Å². The molecule has 0 saturated heterocycles. The van der Waals surface area contributed by atoms with Crippen molar-refractivity contribution in [1.82, 2.24) is 0 Å². The molecule has 0 unspecified atom stereocenters. The van der Waals surface area contributed by atoms with Crippen molar-refractivity contribution in [1.29, 1.82) is 0 Å². The van der Waals surface area contributed by atoms with Gasteiger partial charge in [-0.15, -0.1) is 11.6 Å². The Morgan fingerprint density at radius 3 is 2.33 bits per heavy atom. The highest BCUT2D eigenvalue weighted by Crippen LogP contribution is 1.85. The molecule has 0 rings (SSSR count). The number of aliphatic imine (C=N–C) groups is 1. The molecule has 0 N–H and O–H groups in total. The molecule has 0 bridgehead atoms. The van der Waals surface area contributed by atoms with Gasteiger partial charge in [0.25, 0.3) is 0 Å². The molecule has 0 atom stereocenters. The first-order valence-corrected chi connectivity index (χ1v) is 2.39. The summed E-state index contributed by atoms with van der Waals surface area (Å²) in [5.41, 5.74) is 0. The largest absolute Gasteiger partial charge is 0.280 e. The van der Waals surface area contributed by atoms with E-state index in [1.165, 1.54) is 0 Å². The van der Waals surface area contributed by atoms with E-state index >= 15 is 0 Å². The number of hydrogen-bond donors (Lipinski definition) is 0. The number of hydrogen-bond acceptors (Lipinski definition) is 1. The lowest BCUT2D eigenvalue weighted by Gasteiger charge is -1.78. The minimum Gasteiger partial charge on any atom is -0.280 e.